The van der Waals surface area contributed by atoms with E-state index in [0.29, 0.717) is 10.6 Å². The Morgan fingerprint density at radius 1 is 1.00 bits per heavy atom. The van der Waals surface area contributed by atoms with Gasteiger partial charge in [0, 0.05) is 31.4 Å². The molecule has 1 heterocycles. The molecule has 1 aliphatic rings. The lowest BCUT2D eigenvalue weighted by molar-refractivity contribution is 0.417. The normalized spacial score (nSPS) is 14.8. The highest BCUT2D eigenvalue weighted by Gasteiger charge is 2.31. The third-order valence-corrected chi connectivity index (χ3v) is 7.67. The molecule has 0 saturated carbocycles. The molecule has 0 radical (unpaired) electrons. The molecule has 7 heteroatoms. The van der Waals surface area contributed by atoms with Gasteiger partial charge in [-0.15, -0.1) is 0 Å². The quantitative estimate of drug-likeness (QED) is 0.563. The zero-order valence-electron chi connectivity index (χ0n) is 16.7. The van der Waals surface area contributed by atoms with E-state index in [-0.39, 0.29) is 10.7 Å². The first kappa shape index (κ1) is 20.8. The van der Waals surface area contributed by atoms with Crippen molar-refractivity contribution in [1.29, 1.82) is 0 Å². The molecule has 3 aromatic carbocycles. The van der Waals surface area contributed by atoms with Crippen LogP contribution in [0.1, 0.15) is 22.7 Å². The van der Waals surface area contributed by atoms with Crippen LogP contribution < -0.4 is 4.90 Å². The summed E-state index contributed by atoms with van der Waals surface area (Å²) in [4.78, 5) is 2.30. The van der Waals surface area contributed by atoms with E-state index in [9.17, 15) is 12.8 Å². The number of likely N-dealkylation sites (N-methyl/N-ethyl adjacent to an activating group) is 1. The molecule has 1 unspecified atom stereocenters. The van der Waals surface area contributed by atoms with E-state index < -0.39 is 16.1 Å². The van der Waals surface area contributed by atoms with Gasteiger partial charge in [-0.3, -0.25) is 0 Å². The summed E-state index contributed by atoms with van der Waals surface area (Å²) >= 11 is 6.03. The first-order chi connectivity index (χ1) is 14.3. The number of rotatable bonds is 5. The molecule has 3 aromatic rings. The lowest BCUT2D eigenvalue weighted by Gasteiger charge is -2.29. The van der Waals surface area contributed by atoms with Crippen molar-refractivity contribution in [3.8, 4) is 0 Å². The van der Waals surface area contributed by atoms with Gasteiger partial charge in [0.1, 0.15) is 5.82 Å². The van der Waals surface area contributed by atoms with Gasteiger partial charge >= 0.3 is 0 Å². The summed E-state index contributed by atoms with van der Waals surface area (Å²) in [5, 5.41) is 0.559. The van der Waals surface area contributed by atoms with Crippen LogP contribution in [0, 0.1) is 5.82 Å². The lowest BCUT2D eigenvalue weighted by Crippen LogP contribution is -2.32. The SMILES string of the molecule is CN1CCc2ccc(S(=O)(=O)N(C)C(c3ccc(F)cc3)c3ccc(Cl)cc3)cc21. The molecule has 1 atom stereocenters. The Labute approximate surface area is 181 Å². The lowest BCUT2D eigenvalue weighted by atomic mass is 9.99. The third kappa shape index (κ3) is 3.83. The molecular formula is C23H22ClFN2O2S. The number of hydrogen-bond donors (Lipinski definition) is 0. The van der Waals surface area contributed by atoms with Crippen molar-refractivity contribution in [2.75, 3.05) is 25.5 Å². The minimum absolute atomic E-state index is 0.235. The summed E-state index contributed by atoms with van der Waals surface area (Å²) in [7, 11) is -0.310. The van der Waals surface area contributed by atoms with E-state index in [4.69, 9.17) is 11.6 Å². The van der Waals surface area contributed by atoms with Gasteiger partial charge in [-0.1, -0.05) is 41.9 Å². The fraction of sp³-hybridized carbons (Fsp3) is 0.217. The predicted molar refractivity (Wildman–Crippen MR) is 118 cm³/mol. The van der Waals surface area contributed by atoms with E-state index in [1.807, 2.05) is 13.1 Å². The van der Waals surface area contributed by atoms with Crippen LogP contribution in [0.15, 0.2) is 71.6 Å². The Balaban J connectivity index is 1.79. The van der Waals surface area contributed by atoms with Crippen molar-refractivity contribution in [2.24, 2.45) is 0 Å². The van der Waals surface area contributed by atoms with Crippen molar-refractivity contribution in [2.45, 2.75) is 17.4 Å². The van der Waals surface area contributed by atoms with Crippen LogP contribution in [0.5, 0.6) is 0 Å². The largest absolute Gasteiger partial charge is 0.374 e. The molecular weight excluding hydrogens is 423 g/mol. The van der Waals surface area contributed by atoms with Gasteiger partial charge in [0.05, 0.1) is 10.9 Å². The van der Waals surface area contributed by atoms with E-state index in [1.54, 1.807) is 55.6 Å². The molecule has 0 aliphatic carbocycles. The second-order valence-corrected chi connectivity index (χ2v) is 9.92. The van der Waals surface area contributed by atoms with E-state index >= 15 is 0 Å². The van der Waals surface area contributed by atoms with Crippen molar-refractivity contribution in [1.82, 2.24) is 4.31 Å². The molecule has 30 heavy (non-hydrogen) atoms. The summed E-state index contributed by atoms with van der Waals surface area (Å²) < 4.78 is 42.0. The monoisotopic (exact) mass is 444 g/mol. The topological polar surface area (TPSA) is 40.6 Å². The van der Waals surface area contributed by atoms with Gasteiger partial charge in [0.2, 0.25) is 10.0 Å². The Kier molecular flexibility index (Phi) is 5.57. The van der Waals surface area contributed by atoms with Crippen LogP contribution in [0.25, 0.3) is 0 Å². The fourth-order valence-electron chi connectivity index (χ4n) is 3.89. The van der Waals surface area contributed by atoms with Crippen LogP contribution in [0.4, 0.5) is 10.1 Å². The number of anilines is 1. The van der Waals surface area contributed by atoms with Gasteiger partial charge in [-0.2, -0.15) is 4.31 Å². The maximum absolute atomic E-state index is 13.6. The molecule has 0 N–H and O–H groups in total. The van der Waals surface area contributed by atoms with Crippen LogP contribution in [-0.2, 0) is 16.4 Å². The molecule has 1 aliphatic heterocycles. The van der Waals surface area contributed by atoms with Gasteiger partial charge < -0.3 is 4.90 Å². The van der Waals surface area contributed by atoms with Crippen LogP contribution in [0.3, 0.4) is 0 Å². The first-order valence-electron chi connectivity index (χ1n) is 9.60. The second kappa shape index (κ2) is 8.02. The van der Waals surface area contributed by atoms with Crippen LogP contribution in [-0.4, -0.2) is 33.4 Å². The molecule has 0 amide bonds. The Hall–Kier alpha value is -2.41. The van der Waals surface area contributed by atoms with E-state index in [0.717, 1.165) is 29.8 Å². The standard InChI is InChI=1S/C23H22ClFN2O2S/c1-26-14-13-16-7-12-21(15-22(16)26)30(28,29)27(2)23(17-3-8-19(24)9-4-17)18-5-10-20(25)11-6-18/h3-12,15,23H,13-14H2,1-2H3. The zero-order chi connectivity index (χ0) is 21.5. The molecule has 0 fully saturated rings. The number of nitrogens with zero attached hydrogens (tertiary/aromatic N) is 2. The van der Waals surface area contributed by atoms with Crippen molar-refractivity contribution in [3.05, 3.63) is 94.3 Å². The van der Waals surface area contributed by atoms with E-state index in [1.165, 1.54) is 16.4 Å². The van der Waals surface area contributed by atoms with Crippen LogP contribution >= 0.6 is 11.6 Å². The van der Waals surface area contributed by atoms with Gasteiger partial charge in [-0.05, 0) is 59.5 Å². The Bertz CT molecular complexity index is 1120. The molecule has 4 nitrogen and oxygen atoms in total. The number of fused-ring (bicyclic) bond motifs is 1. The minimum atomic E-state index is -3.82. The highest BCUT2D eigenvalue weighted by Crippen LogP contribution is 2.35. The fourth-order valence-corrected chi connectivity index (χ4v) is 5.37. The molecule has 156 valence electrons. The highest BCUT2D eigenvalue weighted by atomic mass is 35.5. The predicted octanol–water partition coefficient (Wildman–Crippen LogP) is 4.88. The Morgan fingerprint density at radius 2 is 1.60 bits per heavy atom. The molecule has 4 rings (SSSR count). The van der Waals surface area contributed by atoms with Gasteiger partial charge in [0.15, 0.2) is 0 Å². The summed E-state index contributed by atoms with van der Waals surface area (Å²) in [5.74, 6) is -0.374. The summed E-state index contributed by atoms with van der Waals surface area (Å²) in [6, 6.07) is 17.6. The molecule has 0 aromatic heterocycles. The second-order valence-electron chi connectivity index (χ2n) is 7.49. The zero-order valence-corrected chi connectivity index (χ0v) is 18.3. The molecule has 0 spiro atoms. The average Bonchev–Trinajstić information content (AvgIpc) is 3.11. The smallest absolute Gasteiger partial charge is 0.243 e. The molecule has 0 saturated heterocycles. The number of halogens is 2. The van der Waals surface area contributed by atoms with Crippen molar-refractivity contribution < 1.29 is 12.8 Å². The van der Waals surface area contributed by atoms with Gasteiger partial charge in [0.25, 0.3) is 0 Å². The third-order valence-electron chi connectivity index (χ3n) is 5.60. The Morgan fingerprint density at radius 3 is 2.23 bits per heavy atom. The van der Waals surface area contributed by atoms with Crippen LogP contribution in [0.2, 0.25) is 5.02 Å². The first-order valence-corrected chi connectivity index (χ1v) is 11.4. The van der Waals surface area contributed by atoms with Gasteiger partial charge in [-0.25, -0.2) is 12.8 Å². The van der Waals surface area contributed by atoms with Crippen molar-refractivity contribution >= 4 is 27.3 Å². The minimum Gasteiger partial charge on any atom is -0.374 e. The highest BCUT2D eigenvalue weighted by molar-refractivity contribution is 7.89. The summed E-state index contributed by atoms with van der Waals surface area (Å²) in [5.41, 5.74) is 3.50. The number of sulfonamides is 1. The average molecular weight is 445 g/mol. The number of hydrogen-bond acceptors (Lipinski definition) is 3. The van der Waals surface area contributed by atoms with E-state index in [2.05, 4.69) is 4.90 Å². The maximum atomic E-state index is 13.6. The summed E-state index contributed by atoms with van der Waals surface area (Å²) in [6.45, 7) is 0.873. The maximum Gasteiger partial charge on any atom is 0.243 e. The summed E-state index contributed by atoms with van der Waals surface area (Å²) in [6.07, 6.45) is 0.908. The van der Waals surface area contributed by atoms with Crippen molar-refractivity contribution in [3.63, 3.8) is 0 Å². The molecule has 0 bridgehead atoms. The number of benzene rings is 3.